The summed E-state index contributed by atoms with van der Waals surface area (Å²) < 4.78 is 31.4. The molecule has 0 aromatic carbocycles. The van der Waals surface area contributed by atoms with Crippen LogP contribution in [0.3, 0.4) is 0 Å². The van der Waals surface area contributed by atoms with Crippen LogP contribution in [0, 0.1) is 0 Å². The zero-order valence-corrected chi connectivity index (χ0v) is 11.6. The standard InChI is InChI=1S/C12H14N4O3S/c1-19-11-5-4-9(7-15-11)8-16-20(17,18)12-10(13)3-2-6-14-12/h2-7,16H,8,13H2,1H3. The monoisotopic (exact) mass is 294 g/mol. The van der Waals surface area contributed by atoms with E-state index in [1.54, 1.807) is 18.2 Å². The van der Waals surface area contributed by atoms with Crippen LogP contribution in [-0.2, 0) is 16.6 Å². The van der Waals surface area contributed by atoms with Crippen molar-refractivity contribution in [3.8, 4) is 5.88 Å². The van der Waals surface area contributed by atoms with Crippen molar-refractivity contribution in [3.63, 3.8) is 0 Å². The van der Waals surface area contributed by atoms with Gasteiger partial charge in [0.1, 0.15) is 0 Å². The Morgan fingerprint density at radius 3 is 2.70 bits per heavy atom. The second-order valence-electron chi connectivity index (χ2n) is 3.93. The van der Waals surface area contributed by atoms with Crippen molar-refractivity contribution in [2.75, 3.05) is 12.8 Å². The first-order valence-electron chi connectivity index (χ1n) is 5.72. The highest BCUT2D eigenvalue weighted by molar-refractivity contribution is 7.89. The first kappa shape index (κ1) is 14.2. The summed E-state index contributed by atoms with van der Waals surface area (Å²) in [6.07, 6.45) is 2.91. The summed E-state index contributed by atoms with van der Waals surface area (Å²) in [5.74, 6) is 0.463. The topological polar surface area (TPSA) is 107 Å². The van der Waals surface area contributed by atoms with Crippen molar-refractivity contribution >= 4 is 15.7 Å². The highest BCUT2D eigenvalue weighted by atomic mass is 32.2. The van der Waals surface area contributed by atoms with E-state index in [0.717, 1.165) is 0 Å². The maximum absolute atomic E-state index is 12.1. The zero-order valence-electron chi connectivity index (χ0n) is 10.8. The average Bonchev–Trinajstić information content (AvgIpc) is 2.46. The molecule has 0 unspecified atom stereocenters. The lowest BCUT2D eigenvalue weighted by molar-refractivity contribution is 0.397. The molecule has 0 radical (unpaired) electrons. The van der Waals surface area contributed by atoms with Gasteiger partial charge in [-0.15, -0.1) is 0 Å². The number of nitrogens with zero attached hydrogens (tertiary/aromatic N) is 2. The number of sulfonamides is 1. The molecule has 7 nitrogen and oxygen atoms in total. The summed E-state index contributed by atoms with van der Waals surface area (Å²) in [5, 5.41) is -0.179. The summed E-state index contributed by atoms with van der Waals surface area (Å²) in [6, 6.07) is 6.42. The molecule has 0 saturated carbocycles. The molecule has 2 heterocycles. The van der Waals surface area contributed by atoms with E-state index in [0.29, 0.717) is 11.4 Å². The van der Waals surface area contributed by atoms with Crippen molar-refractivity contribution in [3.05, 3.63) is 42.2 Å². The van der Waals surface area contributed by atoms with Crippen LogP contribution in [0.1, 0.15) is 5.56 Å². The third-order valence-corrected chi connectivity index (χ3v) is 3.90. The SMILES string of the molecule is COc1ccc(CNS(=O)(=O)c2ncccc2N)cn1. The number of hydrogen-bond donors (Lipinski definition) is 2. The molecule has 8 heteroatoms. The number of hydrogen-bond acceptors (Lipinski definition) is 6. The molecule has 0 aliphatic carbocycles. The highest BCUT2D eigenvalue weighted by Crippen LogP contribution is 2.14. The lowest BCUT2D eigenvalue weighted by atomic mass is 10.3. The van der Waals surface area contributed by atoms with E-state index in [1.165, 1.54) is 25.6 Å². The van der Waals surface area contributed by atoms with Gasteiger partial charge in [-0.05, 0) is 17.7 Å². The summed E-state index contributed by atoms with van der Waals surface area (Å²) in [4.78, 5) is 7.77. The maximum Gasteiger partial charge on any atom is 0.260 e. The highest BCUT2D eigenvalue weighted by Gasteiger charge is 2.18. The first-order valence-corrected chi connectivity index (χ1v) is 7.20. The van der Waals surface area contributed by atoms with E-state index in [2.05, 4.69) is 14.7 Å². The van der Waals surface area contributed by atoms with E-state index < -0.39 is 10.0 Å². The summed E-state index contributed by atoms with van der Waals surface area (Å²) in [7, 11) is -2.24. The Hall–Kier alpha value is -2.19. The molecule has 0 saturated heterocycles. The van der Waals surface area contributed by atoms with Crippen LogP contribution in [0.15, 0.2) is 41.7 Å². The van der Waals surface area contributed by atoms with Gasteiger partial charge in [-0.3, -0.25) is 0 Å². The van der Waals surface area contributed by atoms with Gasteiger partial charge in [0.2, 0.25) is 5.88 Å². The molecule has 0 amide bonds. The molecule has 0 bridgehead atoms. The zero-order chi connectivity index (χ0) is 14.6. The molecule has 0 aliphatic rings. The van der Waals surface area contributed by atoms with Crippen LogP contribution in [0.4, 0.5) is 5.69 Å². The van der Waals surface area contributed by atoms with Gasteiger partial charge in [0.25, 0.3) is 10.0 Å². The maximum atomic E-state index is 12.1. The number of ether oxygens (including phenoxy) is 1. The molecule has 0 spiro atoms. The van der Waals surface area contributed by atoms with E-state index in [9.17, 15) is 8.42 Å². The quantitative estimate of drug-likeness (QED) is 0.833. The van der Waals surface area contributed by atoms with E-state index >= 15 is 0 Å². The van der Waals surface area contributed by atoms with Gasteiger partial charge in [0.15, 0.2) is 5.03 Å². The minimum absolute atomic E-state index is 0.0926. The molecular formula is C12H14N4O3S. The molecule has 0 fully saturated rings. The van der Waals surface area contributed by atoms with Crippen LogP contribution in [-0.4, -0.2) is 25.5 Å². The minimum Gasteiger partial charge on any atom is -0.481 e. The van der Waals surface area contributed by atoms with E-state index in [4.69, 9.17) is 10.5 Å². The van der Waals surface area contributed by atoms with Crippen molar-refractivity contribution in [2.24, 2.45) is 0 Å². The lowest BCUT2D eigenvalue weighted by Crippen LogP contribution is -2.25. The molecule has 3 N–H and O–H groups in total. The van der Waals surface area contributed by atoms with Gasteiger partial charge < -0.3 is 10.5 Å². The minimum atomic E-state index is -3.75. The summed E-state index contributed by atoms with van der Waals surface area (Å²) in [5.41, 5.74) is 6.41. The van der Waals surface area contributed by atoms with Crippen LogP contribution in [0.5, 0.6) is 5.88 Å². The first-order chi connectivity index (χ1) is 9.53. The number of nitrogens with two attached hydrogens (primary N) is 1. The van der Waals surface area contributed by atoms with Crippen LogP contribution in [0.25, 0.3) is 0 Å². The molecule has 106 valence electrons. The fraction of sp³-hybridized carbons (Fsp3) is 0.167. The molecule has 20 heavy (non-hydrogen) atoms. The van der Waals surface area contributed by atoms with E-state index in [-0.39, 0.29) is 17.3 Å². The number of anilines is 1. The fourth-order valence-corrected chi connectivity index (χ4v) is 2.58. The van der Waals surface area contributed by atoms with Crippen molar-refractivity contribution in [2.45, 2.75) is 11.6 Å². The molecular weight excluding hydrogens is 280 g/mol. The fourth-order valence-electron chi connectivity index (χ4n) is 1.51. The molecule has 0 atom stereocenters. The van der Waals surface area contributed by atoms with Crippen molar-refractivity contribution < 1.29 is 13.2 Å². The predicted octanol–water partition coefficient (Wildman–Crippen LogP) is 0.546. The number of pyridine rings is 2. The summed E-state index contributed by atoms with van der Waals surface area (Å²) >= 11 is 0. The van der Waals surface area contributed by atoms with Crippen LogP contribution >= 0.6 is 0 Å². The molecule has 0 aliphatic heterocycles. The number of nitrogens with one attached hydrogen (secondary N) is 1. The number of nitrogen functional groups attached to an aromatic ring is 1. The smallest absolute Gasteiger partial charge is 0.260 e. The Kier molecular flexibility index (Phi) is 4.16. The Labute approximate surface area is 116 Å². The molecule has 2 aromatic rings. The normalized spacial score (nSPS) is 11.2. The van der Waals surface area contributed by atoms with Crippen molar-refractivity contribution in [1.29, 1.82) is 0 Å². The third kappa shape index (κ3) is 3.22. The van der Waals surface area contributed by atoms with Gasteiger partial charge in [0, 0.05) is 25.0 Å². The van der Waals surface area contributed by atoms with Gasteiger partial charge >= 0.3 is 0 Å². The van der Waals surface area contributed by atoms with Gasteiger partial charge in [-0.1, -0.05) is 6.07 Å². The molecule has 2 rings (SSSR count). The molecule has 2 aromatic heterocycles. The summed E-state index contributed by atoms with van der Waals surface area (Å²) in [6.45, 7) is 0.0926. The predicted molar refractivity (Wildman–Crippen MR) is 73.5 cm³/mol. The van der Waals surface area contributed by atoms with Gasteiger partial charge in [-0.2, -0.15) is 0 Å². The number of methoxy groups -OCH3 is 1. The Morgan fingerprint density at radius 1 is 1.30 bits per heavy atom. The second kappa shape index (κ2) is 5.85. The Balaban J connectivity index is 2.11. The second-order valence-corrected chi connectivity index (χ2v) is 5.61. The Bertz CT molecular complexity index is 686. The lowest BCUT2D eigenvalue weighted by Gasteiger charge is -2.08. The number of aromatic nitrogens is 2. The largest absolute Gasteiger partial charge is 0.481 e. The van der Waals surface area contributed by atoms with Gasteiger partial charge in [-0.25, -0.2) is 23.1 Å². The number of rotatable bonds is 5. The third-order valence-electron chi connectivity index (χ3n) is 2.53. The Morgan fingerprint density at radius 2 is 2.10 bits per heavy atom. The van der Waals surface area contributed by atoms with E-state index in [1.807, 2.05) is 0 Å². The van der Waals surface area contributed by atoms with Crippen LogP contribution in [0.2, 0.25) is 0 Å². The van der Waals surface area contributed by atoms with Crippen LogP contribution < -0.4 is 15.2 Å². The van der Waals surface area contributed by atoms with Gasteiger partial charge in [0.05, 0.1) is 12.8 Å². The van der Waals surface area contributed by atoms with Crippen molar-refractivity contribution in [1.82, 2.24) is 14.7 Å². The average molecular weight is 294 g/mol.